The van der Waals surface area contributed by atoms with Crippen molar-refractivity contribution in [3.63, 3.8) is 0 Å². The summed E-state index contributed by atoms with van der Waals surface area (Å²) in [6, 6.07) is 40.1. The third kappa shape index (κ3) is 5.58. The molecular formula is C46H44N4O. The van der Waals surface area contributed by atoms with E-state index in [-0.39, 0.29) is 0 Å². The summed E-state index contributed by atoms with van der Waals surface area (Å²) in [5.41, 5.74) is 11.4. The van der Waals surface area contributed by atoms with Crippen LogP contribution in [-0.4, -0.2) is 36.4 Å². The van der Waals surface area contributed by atoms with Crippen LogP contribution >= 0.6 is 0 Å². The van der Waals surface area contributed by atoms with E-state index in [0.717, 1.165) is 65.2 Å². The summed E-state index contributed by atoms with van der Waals surface area (Å²) in [5, 5.41) is 16.8. The van der Waals surface area contributed by atoms with Gasteiger partial charge in [0.15, 0.2) is 0 Å². The predicted octanol–water partition coefficient (Wildman–Crippen LogP) is 11.9. The van der Waals surface area contributed by atoms with Crippen molar-refractivity contribution in [3.8, 4) is 45.2 Å². The average molecular weight is 669 g/mol. The molecule has 1 aromatic heterocycles. The first-order valence-corrected chi connectivity index (χ1v) is 18.3. The third-order valence-electron chi connectivity index (χ3n) is 10.6. The van der Waals surface area contributed by atoms with E-state index in [9.17, 15) is 0 Å². The van der Waals surface area contributed by atoms with E-state index in [0.29, 0.717) is 11.8 Å². The van der Waals surface area contributed by atoms with Crippen LogP contribution in [0.25, 0.3) is 77.5 Å². The van der Waals surface area contributed by atoms with Gasteiger partial charge >= 0.3 is 0 Å². The lowest BCUT2D eigenvalue weighted by Crippen LogP contribution is -2.24. The van der Waals surface area contributed by atoms with Gasteiger partial charge in [0.25, 0.3) is 0 Å². The zero-order valence-corrected chi connectivity index (χ0v) is 30.4. The van der Waals surface area contributed by atoms with Gasteiger partial charge in [0, 0.05) is 43.1 Å². The summed E-state index contributed by atoms with van der Waals surface area (Å²) in [5.74, 6) is 1.05. The molecule has 5 nitrogen and oxygen atoms in total. The zero-order chi connectivity index (χ0) is 35.2. The van der Waals surface area contributed by atoms with Gasteiger partial charge in [0.05, 0.1) is 5.56 Å². The molecule has 0 saturated carbocycles. The highest BCUT2D eigenvalue weighted by Gasteiger charge is 2.23. The molecule has 0 unspecified atom stereocenters. The molecule has 0 spiro atoms. The molecule has 0 aliphatic rings. The minimum absolute atomic E-state index is 0.522. The maximum absolute atomic E-state index is 6.77. The number of rotatable bonds is 10. The summed E-state index contributed by atoms with van der Waals surface area (Å²) in [7, 11) is 0. The molecule has 7 aromatic carbocycles. The van der Waals surface area contributed by atoms with Crippen molar-refractivity contribution in [2.45, 2.75) is 41.5 Å². The summed E-state index contributed by atoms with van der Waals surface area (Å²) in [6.45, 7) is 16.6. The second-order valence-corrected chi connectivity index (χ2v) is 13.5. The molecule has 51 heavy (non-hydrogen) atoms. The first-order valence-electron chi connectivity index (χ1n) is 18.3. The van der Waals surface area contributed by atoms with Crippen LogP contribution in [0.15, 0.2) is 114 Å². The van der Waals surface area contributed by atoms with Crippen molar-refractivity contribution >= 4 is 43.7 Å². The highest BCUT2D eigenvalue weighted by atomic mass is 16.4. The maximum atomic E-state index is 6.77. The molecule has 0 bridgehead atoms. The molecule has 0 aliphatic carbocycles. The summed E-state index contributed by atoms with van der Waals surface area (Å²) >= 11 is 0. The quantitative estimate of drug-likeness (QED) is 0.136. The Kier molecular flexibility index (Phi) is 8.43. The second kappa shape index (κ2) is 13.2. The summed E-state index contributed by atoms with van der Waals surface area (Å²) < 4.78 is 6.77. The number of aromatic nitrogens is 2. The van der Waals surface area contributed by atoms with Crippen LogP contribution in [0.1, 0.15) is 38.8 Å². The second-order valence-electron chi connectivity index (χ2n) is 13.5. The number of benzene rings is 7. The van der Waals surface area contributed by atoms with Crippen LogP contribution in [0.5, 0.6) is 0 Å². The van der Waals surface area contributed by atoms with Crippen molar-refractivity contribution in [2.24, 2.45) is 0 Å². The minimum atomic E-state index is 0.522. The topological polar surface area (TPSA) is 45.4 Å². The Morgan fingerprint density at radius 1 is 0.471 bits per heavy atom. The van der Waals surface area contributed by atoms with Crippen LogP contribution in [0, 0.1) is 13.8 Å². The van der Waals surface area contributed by atoms with Gasteiger partial charge in [0.2, 0.25) is 11.8 Å². The number of anilines is 2. The van der Waals surface area contributed by atoms with E-state index in [4.69, 9.17) is 14.6 Å². The molecule has 0 atom stereocenters. The summed E-state index contributed by atoms with van der Waals surface area (Å²) in [6.07, 6.45) is 0. The highest BCUT2D eigenvalue weighted by molar-refractivity contribution is 6.29. The minimum Gasteiger partial charge on any atom is -0.416 e. The molecule has 0 saturated heterocycles. The lowest BCUT2D eigenvalue weighted by atomic mass is 9.85. The van der Waals surface area contributed by atoms with Crippen molar-refractivity contribution < 1.29 is 4.42 Å². The van der Waals surface area contributed by atoms with E-state index < -0.39 is 0 Å². The first kappa shape index (κ1) is 32.5. The standard InChI is InChI=1S/C46H44N4O/c1-7-49(8-2)34-21-26-42(50(9-3)10-4)41(27-34)46-48-47-45(51-46)40-28-39(32-17-13-30(6)14-18-32)37-23-20-33-19-22-35(31-15-11-29(5)12-16-31)36-24-25-38(40)44(37)43(33)36/h11-28H,7-10H2,1-6H3. The number of aryl methyl sites for hydroxylation is 2. The monoisotopic (exact) mass is 668 g/mol. The van der Waals surface area contributed by atoms with Gasteiger partial charge in [-0.3, -0.25) is 0 Å². The van der Waals surface area contributed by atoms with Crippen LogP contribution in [0.2, 0.25) is 0 Å². The molecule has 5 heteroatoms. The third-order valence-corrected chi connectivity index (χ3v) is 10.6. The van der Waals surface area contributed by atoms with Gasteiger partial charge < -0.3 is 14.2 Å². The van der Waals surface area contributed by atoms with Crippen molar-refractivity contribution in [2.75, 3.05) is 36.0 Å². The van der Waals surface area contributed by atoms with E-state index >= 15 is 0 Å². The predicted molar refractivity (Wildman–Crippen MR) is 216 cm³/mol. The fourth-order valence-corrected chi connectivity index (χ4v) is 7.79. The highest BCUT2D eigenvalue weighted by Crippen LogP contribution is 2.46. The van der Waals surface area contributed by atoms with Gasteiger partial charge in [-0.05, 0) is 120 Å². The van der Waals surface area contributed by atoms with Gasteiger partial charge in [-0.25, -0.2) is 0 Å². The fourth-order valence-electron chi connectivity index (χ4n) is 7.79. The van der Waals surface area contributed by atoms with Gasteiger partial charge in [-0.15, -0.1) is 10.2 Å². The average Bonchev–Trinajstić information content (AvgIpc) is 3.66. The van der Waals surface area contributed by atoms with E-state index in [1.54, 1.807) is 0 Å². The van der Waals surface area contributed by atoms with E-state index in [2.05, 4.69) is 161 Å². The molecule has 0 fully saturated rings. The van der Waals surface area contributed by atoms with Crippen molar-refractivity contribution in [3.05, 3.63) is 120 Å². The lowest BCUT2D eigenvalue weighted by molar-refractivity contribution is 0.585. The SMILES string of the molecule is CCN(CC)c1ccc(N(CC)CC)c(-c2nnc(-c3cc(-c4ccc(C)cc4)c4ccc5ccc(-c6ccc(C)cc6)c6ccc3c4c56)o2)c1. The lowest BCUT2D eigenvalue weighted by Gasteiger charge is -2.26. The number of hydrogen-bond acceptors (Lipinski definition) is 5. The van der Waals surface area contributed by atoms with Gasteiger partial charge in [-0.2, -0.15) is 0 Å². The Morgan fingerprint density at radius 3 is 1.63 bits per heavy atom. The Hall–Kier alpha value is -5.68. The Balaban J connectivity index is 1.39. The number of hydrogen-bond donors (Lipinski definition) is 0. The molecule has 1 heterocycles. The van der Waals surface area contributed by atoms with Gasteiger partial charge in [0.1, 0.15) is 0 Å². The first-order chi connectivity index (χ1) is 24.9. The molecule has 254 valence electrons. The molecule has 0 amide bonds. The van der Waals surface area contributed by atoms with Gasteiger partial charge in [-0.1, -0.05) is 96.1 Å². The zero-order valence-electron chi connectivity index (χ0n) is 30.4. The van der Waals surface area contributed by atoms with E-state index in [1.807, 2.05) is 0 Å². The Morgan fingerprint density at radius 2 is 1.00 bits per heavy atom. The maximum Gasteiger partial charge on any atom is 0.250 e. The van der Waals surface area contributed by atoms with Crippen LogP contribution < -0.4 is 9.80 Å². The van der Waals surface area contributed by atoms with Crippen LogP contribution in [0.4, 0.5) is 11.4 Å². The fraction of sp³-hybridized carbons (Fsp3) is 0.217. The van der Waals surface area contributed by atoms with E-state index in [1.165, 1.54) is 49.2 Å². The largest absolute Gasteiger partial charge is 0.416 e. The van der Waals surface area contributed by atoms with Crippen molar-refractivity contribution in [1.29, 1.82) is 0 Å². The molecule has 8 aromatic rings. The molecule has 0 aliphatic heterocycles. The number of nitrogens with zero attached hydrogens (tertiary/aromatic N) is 4. The normalized spacial score (nSPS) is 11.6. The van der Waals surface area contributed by atoms with Crippen molar-refractivity contribution in [1.82, 2.24) is 10.2 Å². The smallest absolute Gasteiger partial charge is 0.250 e. The molecular weight excluding hydrogens is 625 g/mol. The molecule has 0 radical (unpaired) electrons. The Bertz CT molecular complexity index is 2490. The van der Waals surface area contributed by atoms with Crippen LogP contribution in [-0.2, 0) is 0 Å². The molecule has 8 rings (SSSR count). The summed E-state index contributed by atoms with van der Waals surface area (Å²) in [4.78, 5) is 4.70. The van der Waals surface area contributed by atoms with Crippen LogP contribution in [0.3, 0.4) is 0 Å². The molecule has 0 N–H and O–H groups in total. The Labute approximate surface area is 300 Å².